The van der Waals surface area contributed by atoms with Crippen LogP contribution in [-0.4, -0.2) is 53.1 Å². The Kier molecular flexibility index (Phi) is 9.03. The Morgan fingerprint density at radius 3 is 2.02 bits per heavy atom. The maximum atomic E-state index is 14.3. The minimum absolute atomic E-state index is 0.115. The summed E-state index contributed by atoms with van der Waals surface area (Å²) in [4.78, 5) is 57.8. The van der Waals surface area contributed by atoms with Crippen molar-refractivity contribution < 1.29 is 23.9 Å². The summed E-state index contributed by atoms with van der Waals surface area (Å²) in [6.45, 7) is 1.90. The van der Waals surface area contributed by atoms with Crippen LogP contribution in [-0.2, 0) is 30.3 Å². The van der Waals surface area contributed by atoms with Crippen molar-refractivity contribution in [3.63, 3.8) is 0 Å². The van der Waals surface area contributed by atoms with Crippen molar-refractivity contribution >= 4 is 41.1 Å². The number of esters is 1. The van der Waals surface area contributed by atoms with Crippen molar-refractivity contribution in [1.82, 2.24) is 10.2 Å². The van der Waals surface area contributed by atoms with E-state index in [0.717, 1.165) is 22.3 Å². The molecule has 2 aliphatic rings. The smallest absolute Gasteiger partial charge is 0.334 e. The van der Waals surface area contributed by atoms with Gasteiger partial charge in [-0.1, -0.05) is 109 Å². The first kappa shape index (κ1) is 30.9. The number of likely N-dealkylation sites (N-methyl/N-ethyl adjacent to an activating group) is 1. The number of aryl methyl sites for hydroxylation is 1. The Morgan fingerprint density at radius 2 is 1.41 bits per heavy atom. The number of fused-ring (bicyclic) bond motifs is 1. The minimum atomic E-state index is -1.31. The SMILES string of the molecule is Cc1ccccc1N(C)C(=O)C1=CS[C@@H]2C(NC(=O)Cc3ccccc3)C(=O)N2C1C(=O)OC(c1ccccc1)c1ccccc1. The largest absolute Gasteiger partial charge is 0.451 e. The summed E-state index contributed by atoms with van der Waals surface area (Å²) in [6.07, 6.45) is -0.657. The number of hydrogen-bond donors (Lipinski definition) is 1. The molecule has 4 aromatic carbocycles. The van der Waals surface area contributed by atoms with E-state index in [1.54, 1.807) is 12.5 Å². The molecule has 1 fully saturated rings. The summed E-state index contributed by atoms with van der Waals surface area (Å²) < 4.78 is 6.21. The molecule has 6 rings (SSSR count). The molecule has 2 aliphatic heterocycles. The molecule has 232 valence electrons. The van der Waals surface area contributed by atoms with E-state index in [2.05, 4.69) is 5.32 Å². The van der Waals surface area contributed by atoms with Crippen LogP contribution in [0, 0.1) is 6.92 Å². The molecule has 9 heteroatoms. The molecular formula is C37H33N3O5S. The summed E-state index contributed by atoms with van der Waals surface area (Å²) in [5, 5.41) is 3.88. The van der Waals surface area contributed by atoms with E-state index in [1.165, 1.54) is 21.6 Å². The highest BCUT2D eigenvalue weighted by atomic mass is 32.2. The van der Waals surface area contributed by atoms with Crippen LogP contribution in [0.3, 0.4) is 0 Å². The van der Waals surface area contributed by atoms with Crippen LogP contribution < -0.4 is 10.2 Å². The average molecular weight is 632 g/mol. The molecule has 0 aromatic heterocycles. The maximum Gasteiger partial charge on any atom is 0.334 e. The third kappa shape index (κ3) is 6.19. The number of amides is 3. The molecule has 2 unspecified atom stereocenters. The van der Waals surface area contributed by atoms with Crippen LogP contribution >= 0.6 is 11.8 Å². The molecule has 1 saturated heterocycles. The first-order chi connectivity index (χ1) is 22.3. The predicted octanol–water partition coefficient (Wildman–Crippen LogP) is 5.19. The number of nitrogens with one attached hydrogen (secondary N) is 1. The zero-order valence-corrected chi connectivity index (χ0v) is 26.2. The van der Waals surface area contributed by atoms with Gasteiger partial charge in [-0.25, -0.2) is 4.79 Å². The number of β-lactam (4-membered cyclic amide) rings is 1. The number of benzene rings is 4. The molecular weight excluding hydrogens is 598 g/mol. The van der Waals surface area contributed by atoms with Crippen molar-refractivity contribution in [1.29, 1.82) is 0 Å². The fraction of sp³-hybridized carbons (Fsp3) is 0.189. The van der Waals surface area contributed by atoms with Crippen molar-refractivity contribution in [2.75, 3.05) is 11.9 Å². The normalized spacial score (nSPS) is 18.6. The van der Waals surface area contributed by atoms with Crippen LogP contribution in [0.25, 0.3) is 0 Å². The molecule has 0 aliphatic carbocycles. The highest BCUT2D eigenvalue weighted by Gasteiger charge is 2.57. The quantitative estimate of drug-likeness (QED) is 0.202. The van der Waals surface area contributed by atoms with Gasteiger partial charge in [0.15, 0.2) is 12.1 Å². The number of carbonyl (C=O) groups excluding carboxylic acids is 4. The van der Waals surface area contributed by atoms with Gasteiger partial charge in [-0.3, -0.25) is 14.4 Å². The molecule has 4 aromatic rings. The van der Waals surface area contributed by atoms with Gasteiger partial charge in [0, 0.05) is 12.7 Å². The Hall–Kier alpha value is -5.15. The maximum absolute atomic E-state index is 14.3. The number of para-hydroxylation sites is 1. The van der Waals surface area contributed by atoms with Crippen LogP contribution in [0.4, 0.5) is 5.69 Å². The number of anilines is 1. The number of carbonyl (C=O) groups is 4. The van der Waals surface area contributed by atoms with Gasteiger partial charge < -0.3 is 19.9 Å². The van der Waals surface area contributed by atoms with Gasteiger partial charge in [0.25, 0.3) is 5.91 Å². The zero-order chi connectivity index (χ0) is 32.2. The lowest BCUT2D eigenvalue weighted by atomic mass is 9.96. The van der Waals surface area contributed by atoms with Gasteiger partial charge in [-0.2, -0.15) is 0 Å². The Balaban J connectivity index is 1.31. The number of nitrogens with zero attached hydrogens (tertiary/aromatic N) is 2. The molecule has 3 atom stereocenters. The summed E-state index contributed by atoms with van der Waals surface area (Å²) in [5.74, 6) is -1.91. The standard InChI is InChI=1S/C37H33N3O5S/c1-24-14-12-13-21-29(24)39(2)34(42)28-23-46-36-31(38-30(41)22-25-15-6-3-7-16-25)35(43)40(36)32(28)37(44)45-33(26-17-8-4-9-18-26)27-19-10-5-11-20-27/h3-21,23,31-33,36H,22H2,1-2H3,(H,38,41)/t31?,32?,36-/m1/s1. The third-order valence-corrected chi connectivity index (χ3v) is 9.37. The van der Waals surface area contributed by atoms with Gasteiger partial charge in [0.05, 0.1) is 12.0 Å². The lowest BCUT2D eigenvalue weighted by Gasteiger charge is -2.51. The molecule has 1 N–H and O–H groups in total. The monoisotopic (exact) mass is 631 g/mol. The highest BCUT2D eigenvalue weighted by molar-refractivity contribution is 8.03. The van der Waals surface area contributed by atoms with Gasteiger partial charge in [-0.15, -0.1) is 11.8 Å². The summed E-state index contributed by atoms with van der Waals surface area (Å²) in [7, 11) is 1.64. The van der Waals surface area contributed by atoms with Crippen LogP contribution in [0.5, 0.6) is 0 Å². The predicted molar refractivity (Wildman–Crippen MR) is 178 cm³/mol. The first-order valence-corrected chi connectivity index (χ1v) is 15.9. The average Bonchev–Trinajstić information content (AvgIpc) is 3.09. The molecule has 2 heterocycles. The van der Waals surface area contributed by atoms with E-state index in [4.69, 9.17) is 4.74 Å². The molecule has 0 spiro atoms. The Labute approximate surface area is 272 Å². The number of hydrogen-bond acceptors (Lipinski definition) is 6. The Bertz CT molecular complexity index is 1740. The highest BCUT2D eigenvalue weighted by Crippen LogP contribution is 2.42. The van der Waals surface area contributed by atoms with Gasteiger partial charge in [-0.05, 0) is 40.7 Å². The topological polar surface area (TPSA) is 96.0 Å². The van der Waals surface area contributed by atoms with Gasteiger partial charge in [0.1, 0.15) is 11.4 Å². The number of ether oxygens (including phenoxy) is 1. The Morgan fingerprint density at radius 1 is 0.848 bits per heavy atom. The first-order valence-electron chi connectivity index (χ1n) is 15.0. The summed E-state index contributed by atoms with van der Waals surface area (Å²) in [6, 6.07) is 33.2. The van der Waals surface area contributed by atoms with Crippen LogP contribution in [0.1, 0.15) is 28.4 Å². The van der Waals surface area contributed by atoms with Crippen molar-refractivity contribution in [2.45, 2.75) is 36.9 Å². The van der Waals surface area contributed by atoms with Crippen LogP contribution in [0.15, 0.2) is 126 Å². The van der Waals surface area contributed by atoms with E-state index in [0.29, 0.717) is 5.69 Å². The van der Waals surface area contributed by atoms with E-state index in [1.807, 2.05) is 122 Å². The molecule has 0 bridgehead atoms. The lowest BCUT2D eigenvalue weighted by molar-refractivity contribution is -0.165. The van der Waals surface area contributed by atoms with E-state index in [-0.39, 0.29) is 17.9 Å². The van der Waals surface area contributed by atoms with E-state index < -0.39 is 41.3 Å². The molecule has 0 radical (unpaired) electrons. The second-order valence-corrected chi connectivity index (χ2v) is 12.2. The lowest BCUT2D eigenvalue weighted by Crippen LogP contribution is -2.74. The molecule has 8 nitrogen and oxygen atoms in total. The molecule has 3 amide bonds. The van der Waals surface area contributed by atoms with Crippen molar-refractivity contribution in [3.8, 4) is 0 Å². The summed E-state index contributed by atoms with van der Waals surface area (Å²) in [5.41, 5.74) is 4.01. The van der Waals surface area contributed by atoms with E-state index in [9.17, 15) is 19.2 Å². The fourth-order valence-electron chi connectivity index (χ4n) is 5.82. The zero-order valence-electron chi connectivity index (χ0n) is 25.4. The molecule has 0 saturated carbocycles. The van der Waals surface area contributed by atoms with Gasteiger partial charge in [0.2, 0.25) is 11.8 Å². The second kappa shape index (κ2) is 13.5. The number of thioether (sulfide) groups is 1. The van der Waals surface area contributed by atoms with Crippen molar-refractivity contribution in [2.24, 2.45) is 0 Å². The van der Waals surface area contributed by atoms with E-state index >= 15 is 0 Å². The summed E-state index contributed by atoms with van der Waals surface area (Å²) >= 11 is 1.23. The fourth-order valence-corrected chi connectivity index (χ4v) is 7.03. The van der Waals surface area contributed by atoms with Crippen LogP contribution in [0.2, 0.25) is 0 Å². The molecule has 46 heavy (non-hydrogen) atoms. The minimum Gasteiger partial charge on any atom is -0.451 e. The number of rotatable bonds is 9. The van der Waals surface area contributed by atoms with Gasteiger partial charge >= 0.3 is 5.97 Å². The third-order valence-electron chi connectivity index (χ3n) is 8.20. The van der Waals surface area contributed by atoms with Crippen molar-refractivity contribution in [3.05, 3.63) is 148 Å². The second-order valence-electron chi connectivity index (χ2n) is 11.2.